The van der Waals surface area contributed by atoms with E-state index in [9.17, 15) is 4.79 Å². The Morgan fingerprint density at radius 2 is 1.95 bits per heavy atom. The Balaban J connectivity index is 2.14. The van der Waals surface area contributed by atoms with E-state index in [4.69, 9.17) is 11.6 Å². The molecular formula is C18H26ClNO. The molecule has 2 nitrogen and oxygen atoms in total. The number of carbonyl (C=O) groups excluding carboxylic acids is 1. The lowest BCUT2D eigenvalue weighted by molar-refractivity contribution is 0.101. The van der Waals surface area contributed by atoms with Crippen LogP contribution >= 0.6 is 11.6 Å². The highest BCUT2D eigenvalue weighted by Gasteiger charge is 2.27. The summed E-state index contributed by atoms with van der Waals surface area (Å²) in [6.45, 7) is 10.7. The van der Waals surface area contributed by atoms with E-state index in [1.807, 2.05) is 12.1 Å². The van der Waals surface area contributed by atoms with Crippen molar-refractivity contribution in [2.75, 3.05) is 18.0 Å². The highest BCUT2D eigenvalue weighted by Crippen LogP contribution is 2.36. The average molecular weight is 308 g/mol. The van der Waals surface area contributed by atoms with Crippen LogP contribution in [0.15, 0.2) is 18.2 Å². The van der Waals surface area contributed by atoms with Crippen LogP contribution in [-0.2, 0) is 0 Å². The molecule has 0 saturated carbocycles. The zero-order chi connectivity index (χ0) is 15.6. The van der Waals surface area contributed by atoms with Crippen molar-refractivity contribution in [3.05, 3.63) is 28.8 Å². The van der Waals surface area contributed by atoms with Gasteiger partial charge in [-0.25, -0.2) is 0 Å². The maximum Gasteiger partial charge on any atom is 0.159 e. The number of anilines is 1. The molecule has 1 saturated heterocycles. The van der Waals surface area contributed by atoms with Crippen molar-refractivity contribution in [2.45, 2.75) is 47.0 Å². The lowest BCUT2D eigenvalue weighted by atomic mass is 9.77. The van der Waals surface area contributed by atoms with Gasteiger partial charge in [0.2, 0.25) is 0 Å². The molecule has 116 valence electrons. The monoisotopic (exact) mass is 307 g/mol. The van der Waals surface area contributed by atoms with Crippen LogP contribution < -0.4 is 4.90 Å². The van der Waals surface area contributed by atoms with Gasteiger partial charge in [-0.2, -0.15) is 0 Å². The molecule has 0 spiro atoms. The van der Waals surface area contributed by atoms with Crippen LogP contribution in [0.4, 0.5) is 5.69 Å². The molecule has 0 amide bonds. The molecule has 0 radical (unpaired) electrons. The van der Waals surface area contributed by atoms with Crippen molar-refractivity contribution >= 4 is 23.1 Å². The number of halogens is 1. The van der Waals surface area contributed by atoms with E-state index in [0.717, 1.165) is 24.7 Å². The molecule has 3 heteroatoms. The second-order valence-corrected chi connectivity index (χ2v) is 7.61. The third-order valence-corrected chi connectivity index (χ3v) is 4.95. The van der Waals surface area contributed by atoms with E-state index >= 15 is 0 Å². The number of hydrogen-bond donors (Lipinski definition) is 0. The van der Waals surface area contributed by atoms with Crippen LogP contribution in [-0.4, -0.2) is 18.9 Å². The highest BCUT2D eigenvalue weighted by atomic mass is 35.5. The zero-order valence-electron chi connectivity index (χ0n) is 13.6. The van der Waals surface area contributed by atoms with E-state index < -0.39 is 0 Å². The maximum atomic E-state index is 11.4. The van der Waals surface area contributed by atoms with E-state index in [2.05, 4.69) is 25.7 Å². The fraction of sp³-hybridized carbons (Fsp3) is 0.611. The van der Waals surface area contributed by atoms with Crippen molar-refractivity contribution in [1.82, 2.24) is 0 Å². The van der Waals surface area contributed by atoms with Gasteiger partial charge in [0, 0.05) is 18.7 Å². The number of carbonyl (C=O) groups is 1. The van der Waals surface area contributed by atoms with Crippen LogP contribution in [0, 0.1) is 11.3 Å². The van der Waals surface area contributed by atoms with Gasteiger partial charge in [-0.05, 0) is 55.7 Å². The summed E-state index contributed by atoms with van der Waals surface area (Å²) in [5.74, 6) is 0.824. The largest absolute Gasteiger partial charge is 0.370 e. The summed E-state index contributed by atoms with van der Waals surface area (Å²) in [5, 5.41) is 0.692. The fourth-order valence-corrected chi connectivity index (χ4v) is 3.49. The Morgan fingerprint density at radius 1 is 1.24 bits per heavy atom. The third kappa shape index (κ3) is 4.00. The molecule has 1 heterocycles. The highest BCUT2D eigenvalue weighted by molar-refractivity contribution is 6.33. The third-order valence-electron chi connectivity index (χ3n) is 4.65. The van der Waals surface area contributed by atoms with Crippen LogP contribution in [0.2, 0.25) is 5.02 Å². The zero-order valence-corrected chi connectivity index (χ0v) is 14.3. The second-order valence-electron chi connectivity index (χ2n) is 7.20. The molecule has 1 aromatic rings. The molecule has 21 heavy (non-hydrogen) atoms. The van der Waals surface area contributed by atoms with Crippen LogP contribution in [0.1, 0.15) is 57.3 Å². The summed E-state index contributed by atoms with van der Waals surface area (Å²) in [7, 11) is 0. The molecule has 1 fully saturated rings. The molecule has 0 aromatic heterocycles. The molecule has 1 atom stereocenters. The minimum Gasteiger partial charge on any atom is -0.370 e. The Kier molecular flexibility index (Phi) is 4.98. The summed E-state index contributed by atoms with van der Waals surface area (Å²) < 4.78 is 0. The summed E-state index contributed by atoms with van der Waals surface area (Å²) in [6.07, 6.45) is 3.68. The number of ketones is 1. The minimum atomic E-state index is 0.0621. The number of nitrogens with zero attached hydrogens (tertiary/aromatic N) is 1. The molecule has 2 rings (SSSR count). The number of Topliss-reactive ketones (excluding diaryl/α,β-unsaturated/α-hetero) is 1. The predicted octanol–water partition coefficient (Wildman–Crippen LogP) is 5.20. The van der Waals surface area contributed by atoms with Gasteiger partial charge < -0.3 is 4.90 Å². The van der Waals surface area contributed by atoms with E-state index in [-0.39, 0.29) is 5.78 Å². The Hall–Kier alpha value is -1.02. The fourth-order valence-electron chi connectivity index (χ4n) is 3.19. The summed E-state index contributed by atoms with van der Waals surface area (Å²) in [6, 6.07) is 5.68. The van der Waals surface area contributed by atoms with E-state index in [0.29, 0.717) is 16.0 Å². The standard InChI is InChI=1S/C18H26ClNO/c1-13(21)14-7-8-17(16(19)12-14)20-10-5-6-15(9-11-20)18(2,3)4/h7-8,12,15H,5-6,9-11H2,1-4H3. The van der Waals surface area contributed by atoms with Crippen molar-refractivity contribution in [1.29, 1.82) is 0 Å². The second kappa shape index (κ2) is 6.39. The van der Waals surface area contributed by atoms with Crippen LogP contribution in [0.3, 0.4) is 0 Å². The lowest BCUT2D eigenvalue weighted by Gasteiger charge is -2.30. The maximum absolute atomic E-state index is 11.4. The topological polar surface area (TPSA) is 20.3 Å². The molecule has 1 unspecified atom stereocenters. The summed E-state index contributed by atoms with van der Waals surface area (Å²) in [5.41, 5.74) is 2.13. The van der Waals surface area contributed by atoms with Gasteiger partial charge in [0.15, 0.2) is 5.78 Å². The first-order valence-corrected chi connectivity index (χ1v) is 8.22. The van der Waals surface area contributed by atoms with Crippen molar-refractivity contribution in [3.63, 3.8) is 0 Å². The van der Waals surface area contributed by atoms with E-state index in [1.54, 1.807) is 13.0 Å². The van der Waals surface area contributed by atoms with Gasteiger partial charge in [-0.1, -0.05) is 32.4 Å². The molecule has 0 N–H and O–H groups in total. The number of rotatable bonds is 2. The first-order chi connectivity index (χ1) is 9.79. The van der Waals surface area contributed by atoms with Gasteiger partial charge in [0.1, 0.15) is 0 Å². The smallest absolute Gasteiger partial charge is 0.159 e. The molecule has 0 bridgehead atoms. The van der Waals surface area contributed by atoms with Gasteiger partial charge in [0.25, 0.3) is 0 Å². The van der Waals surface area contributed by atoms with Crippen molar-refractivity contribution < 1.29 is 4.79 Å². The first kappa shape index (κ1) is 16.4. The first-order valence-electron chi connectivity index (χ1n) is 7.84. The Bertz CT molecular complexity index is 518. The molecule has 1 aliphatic rings. The van der Waals surface area contributed by atoms with Crippen molar-refractivity contribution in [2.24, 2.45) is 11.3 Å². The molecule has 0 aliphatic carbocycles. The lowest BCUT2D eigenvalue weighted by Crippen LogP contribution is -2.26. The minimum absolute atomic E-state index is 0.0621. The quantitative estimate of drug-likeness (QED) is 0.700. The van der Waals surface area contributed by atoms with Gasteiger partial charge in [-0.3, -0.25) is 4.79 Å². The Morgan fingerprint density at radius 3 is 2.52 bits per heavy atom. The van der Waals surface area contributed by atoms with Crippen LogP contribution in [0.5, 0.6) is 0 Å². The predicted molar refractivity (Wildman–Crippen MR) is 90.5 cm³/mol. The van der Waals surface area contributed by atoms with Crippen molar-refractivity contribution in [3.8, 4) is 0 Å². The summed E-state index contributed by atoms with van der Waals surface area (Å²) in [4.78, 5) is 13.8. The average Bonchev–Trinajstić information content (AvgIpc) is 2.63. The van der Waals surface area contributed by atoms with Gasteiger partial charge in [0.05, 0.1) is 10.7 Å². The Labute approximate surface area is 133 Å². The molecular weight excluding hydrogens is 282 g/mol. The number of hydrogen-bond acceptors (Lipinski definition) is 2. The normalized spacial score (nSPS) is 20.2. The number of benzene rings is 1. The van der Waals surface area contributed by atoms with Crippen LogP contribution in [0.25, 0.3) is 0 Å². The molecule has 1 aliphatic heterocycles. The van der Waals surface area contributed by atoms with E-state index in [1.165, 1.54) is 19.3 Å². The molecule has 1 aromatic carbocycles. The summed E-state index contributed by atoms with van der Waals surface area (Å²) >= 11 is 6.39. The van der Waals surface area contributed by atoms with Gasteiger partial charge in [-0.15, -0.1) is 0 Å². The SMILES string of the molecule is CC(=O)c1ccc(N2CCCC(C(C)(C)C)CC2)c(Cl)c1. The van der Waals surface area contributed by atoms with Gasteiger partial charge >= 0.3 is 0 Å².